The number of likely N-dealkylation sites (tertiary alicyclic amines) is 1. The van der Waals surface area contributed by atoms with Crippen molar-refractivity contribution in [3.63, 3.8) is 0 Å². The maximum atomic E-state index is 11.7. The van der Waals surface area contributed by atoms with E-state index < -0.39 is 0 Å². The van der Waals surface area contributed by atoms with Crippen LogP contribution in [0.1, 0.15) is 31.2 Å². The van der Waals surface area contributed by atoms with Crippen LogP contribution in [0.5, 0.6) is 11.6 Å². The second-order valence-electron chi connectivity index (χ2n) is 11.0. The molecular weight excluding hydrogens is 561 g/mol. The third kappa shape index (κ3) is 8.32. The highest BCUT2D eigenvalue weighted by molar-refractivity contribution is 6.35. The number of carbonyl (C=O) groups is 1. The number of hydrogen-bond donors (Lipinski definition) is 0. The SMILES string of the molecule is COC(=O)CC1CCN(Cc2cc(Oc3ccc(N4CCCN(C)CC4)nc3)nc(-c3cc(Cl)cc(Cl)c3)c2)CC1. The molecule has 4 heterocycles. The molecule has 3 aromatic rings. The van der Waals surface area contributed by atoms with E-state index in [9.17, 15) is 4.79 Å². The van der Waals surface area contributed by atoms with Crippen molar-refractivity contribution in [1.29, 1.82) is 0 Å². The fourth-order valence-electron chi connectivity index (χ4n) is 5.49. The number of carbonyl (C=O) groups excluding carboxylic acids is 1. The molecule has 0 atom stereocenters. The molecule has 2 saturated heterocycles. The molecule has 2 fully saturated rings. The molecule has 10 heteroatoms. The molecule has 41 heavy (non-hydrogen) atoms. The first kappa shape index (κ1) is 29.6. The quantitative estimate of drug-likeness (QED) is 0.286. The molecule has 0 unspecified atom stereocenters. The van der Waals surface area contributed by atoms with E-state index in [1.807, 2.05) is 30.3 Å². The summed E-state index contributed by atoms with van der Waals surface area (Å²) in [5.74, 6) is 2.30. The highest BCUT2D eigenvalue weighted by atomic mass is 35.5. The van der Waals surface area contributed by atoms with Gasteiger partial charge in [-0.25, -0.2) is 9.97 Å². The van der Waals surface area contributed by atoms with Crippen molar-refractivity contribution in [1.82, 2.24) is 19.8 Å². The maximum absolute atomic E-state index is 11.7. The summed E-state index contributed by atoms with van der Waals surface area (Å²) in [6.45, 7) is 6.64. The molecule has 2 aliphatic heterocycles. The second kappa shape index (κ2) is 13.8. The molecular formula is C31H37Cl2N5O3. The van der Waals surface area contributed by atoms with Crippen molar-refractivity contribution in [2.45, 2.75) is 32.2 Å². The summed E-state index contributed by atoms with van der Waals surface area (Å²) >= 11 is 12.6. The number of pyridine rings is 2. The molecule has 8 nitrogen and oxygen atoms in total. The van der Waals surface area contributed by atoms with Gasteiger partial charge in [0.1, 0.15) is 11.6 Å². The van der Waals surface area contributed by atoms with Crippen molar-refractivity contribution in [3.8, 4) is 22.9 Å². The fraction of sp³-hybridized carbons (Fsp3) is 0.452. The Morgan fingerprint density at radius 2 is 1.76 bits per heavy atom. The number of piperidine rings is 1. The first-order chi connectivity index (χ1) is 19.8. The van der Waals surface area contributed by atoms with Gasteiger partial charge in [0.2, 0.25) is 5.88 Å². The molecule has 0 N–H and O–H groups in total. The second-order valence-corrected chi connectivity index (χ2v) is 11.8. The van der Waals surface area contributed by atoms with Crippen LogP contribution in [0.3, 0.4) is 0 Å². The Labute approximate surface area is 252 Å². The summed E-state index contributed by atoms with van der Waals surface area (Å²) in [7, 11) is 3.61. The van der Waals surface area contributed by atoms with E-state index in [0.717, 1.165) is 87.7 Å². The van der Waals surface area contributed by atoms with Crippen molar-refractivity contribution >= 4 is 35.0 Å². The average Bonchev–Trinajstić information content (AvgIpc) is 3.18. The van der Waals surface area contributed by atoms with Crippen molar-refractivity contribution < 1.29 is 14.3 Å². The summed E-state index contributed by atoms with van der Waals surface area (Å²) in [6.07, 6.45) is 5.29. The number of benzene rings is 1. The van der Waals surface area contributed by atoms with Gasteiger partial charge in [-0.2, -0.15) is 0 Å². The number of hydrogen-bond acceptors (Lipinski definition) is 8. The third-order valence-electron chi connectivity index (χ3n) is 7.80. The van der Waals surface area contributed by atoms with E-state index in [2.05, 4.69) is 27.8 Å². The summed E-state index contributed by atoms with van der Waals surface area (Å²) < 4.78 is 11.1. The number of aromatic nitrogens is 2. The van der Waals surface area contributed by atoms with E-state index >= 15 is 0 Å². The van der Waals surface area contributed by atoms with Gasteiger partial charge in [0.25, 0.3) is 0 Å². The van der Waals surface area contributed by atoms with E-state index in [1.54, 1.807) is 12.3 Å². The average molecular weight is 599 g/mol. The standard InChI is InChI=1S/C31H37Cl2N5O3/c1-36-8-3-9-38(13-12-36)29-5-4-27(20-34-29)41-30-15-23(14-28(35-30)24-17-25(32)19-26(33)18-24)21-37-10-6-22(7-11-37)16-31(39)40-2/h4-5,14-15,17-20,22H,3,6-13,16,21H2,1-2H3. The van der Waals surface area contributed by atoms with Gasteiger partial charge in [0.15, 0.2) is 0 Å². The van der Waals surface area contributed by atoms with Gasteiger partial charge in [-0.1, -0.05) is 23.2 Å². The highest BCUT2D eigenvalue weighted by Gasteiger charge is 2.22. The monoisotopic (exact) mass is 597 g/mol. The number of halogens is 2. The van der Waals surface area contributed by atoms with Crippen LogP contribution >= 0.6 is 23.2 Å². The van der Waals surface area contributed by atoms with Gasteiger partial charge in [-0.15, -0.1) is 0 Å². The Morgan fingerprint density at radius 1 is 0.976 bits per heavy atom. The number of rotatable bonds is 8. The molecule has 0 spiro atoms. The van der Waals surface area contributed by atoms with E-state index in [4.69, 9.17) is 42.6 Å². The summed E-state index contributed by atoms with van der Waals surface area (Å²) in [5, 5.41) is 1.10. The Kier molecular flexibility index (Phi) is 9.98. The number of ether oxygens (including phenoxy) is 2. The third-order valence-corrected chi connectivity index (χ3v) is 8.24. The molecule has 0 saturated carbocycles. The van der Waals surface area contributed by atoms with Gasteiger partial charge in [0.05, 0.1) is 19.0 Å². The lowest BCUT2D eigenvalue weighted by molar-refractivity contribution is -0.142. The highest BCUT2D eigenvalue weighted by Crippen LogP contribution is 2.31. The smallest absolute Gasteiger partial charge is 0.305 e. The maximum Gasteiger partial charge on any atom is 0.305 e. The Bertz CT molecular complexity index is 1310. The van der Waals surface area contributed by atoms with Gasteiger partial charge < -0.3 is 19.3 Å². The summed E-state index contributed by atoms with van der Waals surface area (Å²) in [5.41, 5.74) is 2.64. The first-order valence-electron chi connectivity index (χ1n) is 14.2. The number of methoxy groups -OCH3 is 1. The Hall–Kier alpha value is -2.91. The molecule has 5 rings (SSSR count). The van der Waals surface area contributed by atoms with E-state index in [1.165, 1.54) is 7.11 Å². The van der Waals surface area contributed by atoms with Crippen molar-refractivity contribution in [2.24, 2.45) is 5.92 Å². The fourth-order valence-corrected chi connectivity index (χ4v) is 6.02. The number of esters is 1. The number of likely N-dealkylation sites (N-methyl/N-ethyl adjacent to an activating group) is 1. The van der Waals surface area contributed by atoms with Crippen LogP contribution < -0.4 is 9.64 Å². The zero-order chi connectivity index (χ0) is 28.8. The van der Waals surface area contributed by atoms with Crippen LogP contribution in [-0.2, 0) is 16.1 Å². The number of nitrogens with zero attached hydrogens (tertiary/aromatic N) is 5. The lowest BCUT2D eigenvalue weighted by Crippen LogP contribution is -2.34. The molecule has 2 aromatic heterocycles. The largest absolute Gasteiger partial charge is 0.469 e. The van der Waals surface area contributed by atoms with Crippen LogP contribution in [0.15, 0.2) is 48.7 Å². The first-order valence-corrected chi connectivity index (χ1v) is 14.9. The molecule has 0 radical (unpaired) electrons. The van der Waals surface area contributed by atoms with Crippen molar-refractivity contribution in [3.05, 3.63) is 64.3 Å². The summed E-state index contributed by atoms with van der Waals surface area (Å²) in [4.78, 5) is 28.3. The van der Waals surface area contributed by atoms with Crippen LogP contribution in [0, 0.1) is 5.92 Å². The molecule has 218 valence electrons. The zero-order valence-corrected chi connectivity index (χ0v) is 25.2. The van der Waals surface area contributed by atoms with Crippen LogP contribution in [-0.4, -0.2) is 79.2 Å². The van der Waals surface area contributed by atoms with Gasteiger partial charge >= 0.3 is 5.97 Å². The number of anilines is 1. The molecule has 0 amide bonds. The zero-order valence-electron chi connectivity index (χ0n) is 23.7. The molecule has 0 bridgehead atoms. The minimum atomic E-state index is -0.134. The van der Waals surface area contributed by atoms with Crippen LogP contribution in [0.25, 0.3) is 11.3 Å². The van der Waals surface area contributed by atoms with Crippen LogP contribution in [0.2, 0.25) is 10.0 Å². The van der Waals surface area contributed by atoms with E-state index in [-0.39, 0.29) is 5.97 Å². The Balaban J connectivity index is 1.33. The lowest BCUT2D eigenvalue weighted by atomic mass is 9.93. The molecule has 0 aliphatic carbocycles. The van der Waals surface area contributed by atoms with Crippen LogP contribution in [0.4, 0.5) is 5.82 Å². The summed E-state index contributed by atoms with van der Waals surface area (Å²) in [6, 6.07) is 13.4. The predicted molar refractivity (Wildman–Crippen MR) is 163 cm³/mol. The topological polar surface area (TPSA) is 71.0 Å². The minimum Gasteiger partial charge on any atom is -0.469 e. The van der Waals surface area contributed by atoms with Crippen molar-refractivity contribution in [2.75, 3.05) is 58.3 Å². The normalized spacial score (nSPS) is 17.3. The molecule has 2 aliphatic rings. The van der Waals surface area contributed by atoms with E-state index in [0.29, 0.717) is 34.0 Å². The van der Waals surface area contributed by atoms with Gasteiger partial charge in [-0.05, 0) is 93.8 Å². The Morgan fingerprint density at radius 3 is 2.46 bits per heavy atom. The lowest BCUT2D eigenvalue weighted by Gasteiger charge is -2.31. The predicted octanol–water partition coefficient (Wildman–Crippen LogP) is 6.16. The van der Waals surface area contributed by atoms with Gasteiger partial charge in [0, 0.05) is 54.3 Å². The molecule has 1 aromatic carbocycles. The van der Waals surface area contributed by atoms with Gasteiger partial charge in [-0.3, -0.25) is 9.69 Å². The minimum absolute atomic E-state index is 0.134.